The van der Waals surface area contributed by atoms with Crippen molar-refractivity contribution in [2.24, 2.45) is 23.7 Å². The number of carbonyl (C=O) groups is 3. The molecule has 9 nitrogen and oxygen atoms in total. The topological polar surface area (TPSA) is 94.2 Å². The normalized spacial score (nSPS) is 32.5. The average molecular weight is 682 g/mol. The number of hydrogen-bond acceptors (Lipinski definition) is 6. The smallest absolute Gasteiger partial charge is 0.246 e. The lowest BCUT2D eigenvalue weighted by atomic mass is 9.73. The molecule has 2 aromatic carbocycles. The van der Waals surface area contributed by atoms with Crippen LogP contribution in [0.5, 0.6) is 0 Å². The lowest BCUT2D eigenvalue weighted by Crippen LogP contribution is -2.58. The molecule has 1 aliphatic carbocycles. The van der Waals surface area contributed by atoms with E-state index in [-0.39, 0.29) is 23.8 Å². The van der Waals surface area contributed by atoms with Crippen LogP contribution in [0, 0.1) is 23.7 Å². The molecule has 2 aromatic rings. The number of carbonyl (C=O) groups excluding carboxylic acids is 3. The van der Waals surface area contributed by atoms with Crippen molar-refractivity contribution in [1.29, 1.82) is 0 Å². The molecule has 50 heavy (non-hydrogen) atoms. The van der Waals surface area contributed by atoms with Crippen LogP contribution in [0.25, 0.3) is 0 Å². The molecular formula is C41H55N5O4. The van der Waals surface area contributed by atoms with Crippen LogP contribution in [-0.2, 0) is 25.7 Å². The predicted molar refractivity (Wildman–Crippen MR) is 195 cm³/mol. The summed E-state index contributed by atoms with van der Waals surface area (Å²) in [6.45, 7) is 15.0. The number of amides is 3. The fourth-order valence-corrected chi connectivity index (χ4v) is 9.21. The molecule has 0 aromatic heterocycles. The quantitative estimate of drug-likeness (QED) is 0.323. The van der Waals surface area contributed by atoms with E-state index >= 15 is 0 Å². The number of hydrogen-bond donors (Lipinski definition) is 2. The number of likely N-dealkylation sites (tertiary alicyclic amines) is 1. The van der Waals surface area contributed by atoms with Crippen molar-refractivity contribution in [1.82, 2.24) is 20.0 Å². The summed E-state index contributed by atoms with van der Waals surface area (Å²) in [5.74, 6) is -0.725. The average Bonchev–Trinajstić information content (AvgIpc) is 3.75. The van der Waals surface area contributed by atoms with Crippen molar-refractivity contribution in [3.05, 3.63) is 77.9 Å². The van der Waals surface area contributed by atoms with E-state index in [9.17, 15) is 14.4 Å². The second-order valence-corrected chi connectivity index (χ2v) is 15.8. The molecule has 3 saturated heterocycles. The minimum absolute atomic E-state index is 0.0568. The SMILES string of the molecule is CC(C)c1ccc(NC(=O)[C@H]2[C@H]3C=C[C@@]4(O3)[C@H]2C(=O)N(CCCN2CCN(Cc3ccccc3)CC2)[C@@H]4C(=O)N[C@@H]2CCC[C@H](C)[C@@H]2C)cc1. The van der Waals surface area contributed by atoms with Gasteiger partial charge in [-0.3, -0.25) is 19.3 Å². The van der Waals surface area contributed by atoms with Crippen LogP contribution in [0.4, 0.5) is 5.69 Å². The van der Waals surface area contributed by atoms with Gasteiger partial charge in [-0.05, 0) is 60.4 Å². The molecule has 8 atom stereocenters. The van der Waals surface area contributed by atoms with Crippen LogP contribution >= 0.6 is 0 Å². The summed E-state index contributed by atoms with van der Waals surface area (Å²) >= 11 is 0. The Hall–Kier alpha value is -3.53. The fourth-order valence-electron chi connectivity index (χ4n) is 9.21. The molecule has 9 heteroatoms. The standard InChI is InChI=1S/C41H55N5O4/c1-27(2)31-14-16-32(17-15-31)42-38(47)35-34-18-19-41(50-34)36(35)40(49)46(37(41)39(48)43-33-13-8-10-28(3)29(33)4)21-9-20-44-22-24-45(25-23-44)26-30-11-6-5-7-12-30/h5-7,11-12,14-19,27-29,33-37H,8-10,13,20-26H2,1-4H3,(H,42,47)(H,43,48)/t28-,29-,33+,34+,35-,36+,37+,41+/m0/s1. The number of rotatable bonds is 11. The molecule has 1 spiro atoms. The fraction of sp³-hybridized carbons (Fsp3) is 0.585. The number of nitrogens with one attached hydrogen (secondary N) is 2. The highest BCUT2D eigenvalue weighted by Gasteiger charge is 2.72. The van der Waals surface area contributed by atoms with Gasteiger partial charge in [0.2, 0.25) is 17.7 Å². The van der Waals surface area contributed by atoms with Crippen LogP contribution in [0.2, 0.25) is 0 Å². The molecule has 4 aliphatic heterocycles. The molecule has 1 saturated carbocycles. The van der Waals surface area contributed by atoms with Crippen LogP contribution in [-0.4, -0.2) is 95.5 Å². The Balaban J connectivity index is 1.05. The number of piperazine rings is 1. The highest BCUT2D eigenvalue weighted by molar-refractivity contribution is 6.02. The predicted octanol–water partition coefficient (Wildman–Crippen LogP) is 5.05. The number of nitrogens with zero attached hydrogens (tertiary/aromatic N) is 3. The second-order valence-electron chi connectivity index (χ2n) is 15.8. The molecule has 4 heterocycles. The number of benzene rings is 2. The molecule has 0 radical (unpaired) electrons. The Labute approximate surface area is 297 Å². The lowest BCUT2D eigenvalue weighted by Gasteiger charge is -2.38. The summed E-state index contributed by atoms with van der Waals surface area (Å²) in [5, 5.41) is 6.45. The number of ether oxygens (including phenoxy) is 1. The van der Waals surface area contributed by atoms with Gasteiger partial charge in [0.05, 0.1) is 17.9 Å². The van der Waals surface area contributed by atoms with Crippen molar-refractivity contribution in [3.8, 4) is 0 Å². The third kappa shape index (κ3) is 6.76. The summed E-state index contributed by atoms with van der Waals surface area (Å²) < 4.78 is 6.62. The van der Waals surface area contributed by atoms with E-state index in [0.717, 1.165) is 58.5 Å². The van der Waals surface area contributed by atoms with Gasteiger partial charge in [-0.25, -0.2) is 0 Å². The third-order valence-corrected chi connectivity index (χ3v) is 12.4. The Morgan fingerprint density at radius 2 is 1.64 bits per heavy atom. The third-order valence-electron chi connectivity index (χ3n) is 12.4. The molecule has 2 bridgehead atoms. The maximum absolute atomic E-state index is 14.5. The van der Waals surface area contributed by atoms with Crippen LogP contribution in [0.15, 0.2) is 66.7 Å². The number of fused-ring (bicyclic) bond motifs is 1. The van der Waals surface area contributed by atoms with E-state index in [1.54, 1.807) is 4.90 Å². The van der Waals surface area contributed by atoms with E-state index in [0.29, 0.717) is 30.0 Å². The van der Waals surface area contributed by atoms with Crippen LogP contribution < -0.4 is 10.6 Å². The van der Waals surface area contributed by atoms with Gasteiger partial charge in [-0.15, -0.1) is 0 Å². The van der Waals surface area contributed by atoms with E-state index in [1.807, 2.05) is 36.4 Å². The number of anilines is 1. The molecule has 4 fully saturated rings. The Bertz CT molecular complexity index is 1550. The van der Waals surface area contributed by atoms with Crippen molar-refractivity contribution >= 4 is 23.4 Å². The first-order valence-electron chi connectivity index (χ1n) is 19.0. The maximum Gasteiger partial charge on any atom is 0.246 e. The molecule has 7 rings (SSSR count). The molecular weight excluding hydrogens is 626 g/mol. The molecule has 3 amide bonds. The Morgan fingerprint density at radius 3 is 2.36 bits per heavy atom. The van der Waals surface area contributed by atoms with Crippen LogP contribution in [0.1, 0.15) is 70.4 Å². The van der Waals surface area contributed by atoms with E-state index in [1.165, 1.54) is 17.5 Å². The van der Waals surface area contributed by atoms with E-state index < -0.39 is 29.6 Å². The summed E-state index contributed by atoms with van der Waals surface area (Å²) in [4.78, 5) is 49.6. The lowest BCUT2D eigenvalue weighted by molar-refractivity contribution is -0.141. The van der Waals surface area contributed by atoms with Gasteiger partial charge in [-0.2, -0.15) is 0 Å². The first-order valence-corrected chi connectivity index (χ1v) is 19.0. The minimum Gasteiger partial charge on any atom is -0.359 e. The van der Waals surface area contributed by atoms with Crippen molar-refractivity contribution < 1.29 is 19.1 Å². The first-order chi connectivity index (χ1) is 24.1. The minimum atomic E-state index is -1.15. The van der Waals surface area contributed by atoms with Gasteiger partial charge >= 0.3 is 0 Å². The summed E-state index contributed by atoms with van der Waals surface area (Å²) in [5.41, 5.74) is 2.07. The van der Waals surface area contributed by atoms with Gasteiger partial charge in [0.15, 0.2) is 0 Å². The van der Waals surface area contributed by atoms with E-state index in [2.05, 4.69) is 78.5 Å². The summed E-state index contributed by atoms with van der Waals surface area (Å²) in [7, 11) is 0. The zero-order valence-corrected chi connectivity index (χ0v) is 30.2. The molecule has 268 valence electrons. The van der Waals surface area contributed by atoms with E-state index in [4.69, 9.17) is 4.74 Å². The summed E-state index contributed by atoms with van der Waals surface area (Å²) in [6, 6.07) is 17.7. The van der Waals surface area contributed by atoms with Gasteiger partial charge in [-0.1, -0.05) is 95.2 Å². The van der Waals surface area contributed by atoms with Gasteiger partial charge in [0.1, 0.15) is 11.6 Å². The Morgan fingerprint density at radius 1 is 0.920 bits per heavy atom. The zero-order chi connectivity index (χ0) is 35.0. The molecule has 0 unspecified atom stereocenters. The van der Waals surface area contributed by atoms with Crippen molar-refractivity contribution in [3.63, 3.8) is 0 Å². The highest BCUT2D eigenvalue weighted by Crippen LogP contribution is 2.55. The maximum atomic E-state index is 14.5. The zero-order valence-electron chi connectivity index (χ0n) is 30.2. The largest absolute Gasteiger partial charge is 0.359 e. The highest BCUT2D eigenvalue weighted by atomic mass is 16.5. The summed E-state index contributed by atoms with van der Waals surface area (Å²) in [6.07, 6.45) is 7.21. The Kier molecular flexibility index (Phi) is 10.2. The molecule has 5 aliphatic rings. The van der Waals surface area contributed by atoms with Crippen molar-refractivity contribution in [2.45, 2.75) is 89.6 Å². The van der Waals surface area contributed by atoms with Crippen LogP contribution in [0.3, 0.4) is 0 Å². The van der Waals surface area contributed by atoms with Gasteiger partial charge in [0, 0.05) is 51.0 Å². The second kappa shape index (κ2) is 14.6. The molecule has 2 N–H and O–H groups in total. The van der Waals surface area contributed by atoms with Gasteiger partial charge in [0.25, 0.3) is 0 Å². The van der Waals surface area contributed by atoms with Crippen molar-refractivity contribution in [2.75, 3.05) is 44.6 Å². The first kappa shape index (κ1) is 34.9. The monoisotopic (exact) mass is 681 g/mol. The van der Waals surface area contributed by atoms with Gasteiger partial charge < -0.3 is 25.2 Å².